The molecule has 0 saturated carbocycles. The van der Waals surface area contributed by atoms with Crippen molar-refractivity contribution >= 4 is 23.2 Å². The van der Waals surface area contributed by atoms with Gasteiger partial charge >= 0.3 is 0 Å². The number of carbonyl (C=O) groups excluding carboxylic acids is 1. The normalized spacial score (nSPS) is 10.2. The van der Waals surface area contributed by atoms with Crippen molar-refractivity contribution in [3.63, 3.8) is 0 Å². The standard InChI is InChI=1S/C15H13ClFNO2/c1-20-14-6-5-12(9-13(14)16)18-15(19)8-10-3-2-4-11(17)7-10/h2-7,9H,8H2,1H3,(H,18,19). The maximum Gasteiger partial charge on any atom is 0.228 e. The van der Waals surface area contributed by atoms with Crippen LogP contribution in [0.1, 0.15) is 5.56 Å². The van der Waals surface area contributed by atoms with Gasteiger partial charge in [0.25, 0.3) is 0 Å². The van der Waals surface area contributed by atoms with Crippen LogP contribution in [0, 0.1) is 5.82 Å². The Morgan fingerprint density at radius 2 is 2.10 bits per heavy atom. The second-order valence-electron chi connectivity index (χ2n) is 4.20. The van der Waals surface area contributed by atoms with E-state index in [1.54, 1.807) is 30.3 Å². The summed E-state index contributed by atoms with van der Waals surface area (Å²) >= 11 is 5.97. The van der Waals surface area contributed by atoms with Gasteiger partial charge in [-0.3, -0.25) is 4.79 Å². The van der Waals surface area contributed by atoms with Crippen molar-refractivity contribution in [1.29, 1.82) is 0 Å². The summed E-state index contributed by atoms with van der Waals surface area (Å²) in [6.07, 6.45) is 0.0986. The number of benzene rings is 2. The van der Waals surface area contributed by atoms with Gasteiger partial charge in [0.2, 0.25) is 5.91 Å². The van der Waals surface area contributed by atoms with Crippen LogP contribution in [0.15, 0.2) is 42.5 Å². The number of carbonyl (C=O) groups is 1. The average Bonchev–Trinajstić information content (AvgIpc) is 2.38. The SMILES string of the molecule is COc1ccc(NC(=O)Cc2cccc(F)c2)cc1Cl. The number of amides is 1. The lowest BCUT2D eigenvalue weighted by Gasteiger charge is -2.08. The molecule has 2 rings (SSSR count). The van der Waals surface area contributed by atoms with E-state index in [4.69, 9.17) is 16.3 Å². The third-order valence-electron chi connectivity index (χ3n) is 2.69. The molecule has 0 aliphatic heterocycles. The van der Waals surface area contributed by atoms with E-state index in [2.05, 4.69) is 5.32 Å². The molecule has 0 saturated heterocycles. The van der Waals surface area contributed by atoms with Crippen molar-refractivity contribution in [3.8, 4) is 5.75 Å². The molecule has 1 amide bonds. The van der Waals surface area contributed by atoms with E-state index < -0.39 is 0 Å². The average molecular weight is 294 g/mol. The van der Waals surface area contributed by atoms with Crippen LogP contribution in [0.2, 0.25) is 5.02 Å². The first-order valence-electron chi connectivity index (χ1n) is 5.96. The quantitative estimate of drug-likeness (QED) is 0.934. The highest BCUT2D eigenvalue weighted by molar-refractivity contribution is 6.32. The van der Waals surface area contributed by atoms with Gasteiger partial charge in [-0.15, -0.1) is 0 Å². The smallest absolute Gasteiger partial charge is 0.228 e. The largest absolute Gasteiger partial charge is 0.495 e. The molecule has 104 valence electrons. The minimum Gasteiger partial charge on any atom is -0.495 e. The van der Waals surface area contributed by atoms with Gasteiger partial charge < -0.3 is 10.1 Å². The third-order valence-corrected chi connectivity index (χ3v) is 2.98. The van der Waals surface area contributed by atoms with E-state index >= 15 is 0 Å². The Morgan fingerprint density at radius 3 is 2.75 bits per heavy atom. The Morgan fingerprint density at radius 1 is 1.30 bits per heavy atom. The number of methoxy groups -OCH3 is 1. The zero-order chi connectivity index (χ0) is 14.5. The summed E-state index contributed by atoms with van der Waals surface area (Å²) in [4.78, 5) is 11.9. The number of ether oxygens (including phenoxy) is 1. The van der Waals surface area contributed by atoms with Gasteiger partial charge in [-0.2, -0.15) is 0 Å². The number of halogens is 2. The molecule has 2 aromatic carbocycles. The van der Waals surface area contributed by atoms with Gasteiger partial charge in [0, 0.05) is 5.69 Å². The highest BCUT2D eigenvalue weighted by atomic mass is 35.5. The van der Waals surface area contributed by atoms with E-state index in [1.165, 1.54) is 19.2 Å². The maximum atomic E-state index is 13.0. The first-order valence-corrected chi connectivity index (χ1v) is 6.34. The Balaban J connectivity index is 2.03. The second-order valence-corrected chi connectivity index (χ2v) is 4.61. The molecule has 0 unspecified atom stereocenters. The van der Waals surface area contributed by atoms with E-state index in [1.807, 2.05) is 0 Å². The van der Waals surface area contributed by atoms with Crippen molar-refractivity contribution in [2.24, 2.45) is 0 Å². The summed E-state index contributed by atoms with van der Waals surface area (Å²) in [6, 6.07) is 10.9. The Kier molecular flexibility index (Phi) is 4.58. The fourth-order valence-electron chi connectivity index (χ4n) is 1.78. The minimum atomic E-state index is -0.359. The molecule has 0 aliphatic rings. The topological polar surface area (TPSA) is 38.3 Å². The lowest BCUT2D eigenvalue weighted by molar-refractivity contribution is -0.115. The molecule has 0 fully saturated rings. The van der Waals surface area contributed by atoms with Crippen molar-refractivity contribution in [2.45, 2.75) is 6.42 Å². The van der Waals surface area contributed by atoms with Crippen molar-refractivity contribution in [1.82, 2.24) is 0 Å². The van der Waals surface area contributed by atoms with Crippen molar-refractivity contribution in [3.05, 3.63) is 58.9 Å². The molecule has 0 atom stereocenters. The highest BCUT2D eigenvalue weighted by Crippen LogP contribution is 2.27. The van der Waals surface area contributed by atoms with Crippen LogP contribution in [0.3, 0.4) is 0 Å². The molecule has 0 spiro atoms. The van der Waals surface area contributed by atoms with Gasteiger partial charge in [-0.05, 0) is 35.9 Å². The fourth-order valence-corrected chi connectivity index (χ4v) is 2.04. The van der Waals surface area contributed by atoms with Crippen LogP contribution in [0.4, 0.5) is 10.1 Å². The summed E-state index contributed by atoms with van der Waals surface area (Å²) in [5.41, 5.74) is 1.18. The predicted molar refractivity (Wildman–Crippen MR) is 76.7 cm³/mol. The first kappa shape index (κ1) is 14.3. The van der Waals surface area contributed by atoms with Crippen LogP contribution in [0.5, 0.6) is 5.75 Å². The number of hydrogen-bond acceptors (Lipinski definition) is 2. The Hall–Kier alpha value is -2.07. The molecule has 1 N–H and O–H groups in total. The Labute approximate surface area is 121 Å². The number of anilines is 1. The molecule has 0 bridgehead atoms. The molecule has 2 aromatic rings. The van der Waals surface area contributed by atoms with E-state index in [0.717, 1.165) is 0 Å². The molecular formula is C15H13ClFNO2. The van der Waals surface area contributed by atoms with Crippen LogP contribution in [-0.2, 0) is 11.2 Å². The zero-order valence-corrected chi connectivity index (χ0v) is 11.6. The van der Waals surface area contributed by atoms with E-state index in [-0.39, 0.29) is 18.1 Å². The van der Waals surface area contributed by atoms with Crippen LogP contribution >= 0.6 is 11.6 Å². The van der Waals surface area contributed by atoms with Crippen LogP contribution in [0.25, 0.3) is 0 Å². The van der Waals surface area contributed by atoms with E-state index in [9.17, 15) is 9.18 Å². The van der Waals surface area contributed by atoms with Crippen LogP contribution in [-0.4, -0.2) is 13.0 Å². The summed E-state index contributed by atoms with van der Waals surface area (Å²) in [7, 11) is 1.52. The highest BCUT2D eigenvalue weighted by Gasteiger charge is 2.07. The molecule has 5 heteroatoms. The molecule has 0 aromatic heterocycles. The molecule has 3 nitrogen and oxygen atoms in total. The minimum absolute atomic E-state index is 0.0986. The number of hydrogen-bond donors (Lipinski definition) is 1. The maximum absolute atomic E-state index is 13.0. The fraction of sp³-hybridized carbons (Fsp3) is 0.133. The summed E-state index contributed by atoms with van der Waals surface area (Å²) in [5.74, 6) is -0.0607. The summed E-state index contributed by atoms with van der Waals surface area (Å²) < 4.78 is 18.0. The lowest BCUT2D eigenvalue weighted by atomic mass is 10.1. The molecular weight excluding hydrogens is 281 g/mol. The van der Waals surface area contributed by atoms with Gasteiger partial charge in [0.05, 0.1) is 18.6 Å². The molecule has 0 aliphatic carbocycles. The molecule has 0 radical (unpaired) electrons. The molecule has 20 heavy (non-hydrogen) atoms. The zero-order valence-electron chi connectivity index (χ0n) is 10.8. The predicted octanol–water partition coefficient (Wildman–Crippen LogP) is 3.67. The second kappa shape index (κ2) is 6.39. The molecule has 0 heterocycles. The number of rotatable bonds is 4. The van der Waals surface area contributed by atoms with Gasteiger partial charge in [-0.25, -0.2) is 4.39 Å². The van der Waals surface area contributed by atoms with Gasteiger partial charge in [0.1, 0.15) is 11.6 Å². The lowest BCUT2D eigenvalue weighted by Crippen LogP contribution is -2.14. The van der Waals surface area contributed by atoms with Gasteiger partial charge in [0.15, 0.2) is 0 Å². The summed E-state index contributed by atoms with van der Waals surface area (Å²) in [5, 5.41) is 3.11. The van der Waals surface area contributed by atoms with Crippen molar-refractivity contribution < 1.29 is 13.9 Å². The summed E-state index contributed by atoms with van der Waals surface area (Å²) in [6.45, 7) is 0. The number of nitrogens with one attached hydrogen (secondary N) is 1. The monoisotopic (exact) mass is 293 g/mol. The van der Waals surface area contributed by atoms with Gasteiger partial charge in [-0.1, -0.05) is 23.7 Å². The van der Waals surface area contributed by atoms with E-state index in [0.29, 0.717) is 22.0 Å². The Bertz CT molecular complexity index is 631. The van der Waals surface area contributed by atoms with Crippen molar-refractivity contribution in [2.75, 3.05) is 12.4 Å². The van der Waals surface area contributed by atoms with Crippen LogP contribution < -0.4 is 10.1 Å². The third kappa shape index (κ3) is 3.71. The first-order chi connectivity index (χ1) is 9.58.